The molecule has 0 saturated carbocycles. The van der Waals surface area contributed by atoms with Gasteiger partial charge in [-0.1, -0.05) is 26.7 Å². The molecule has 3 heteroatoms. The third-order valence-electron chi connectivity index (χ3n) is 4.22. The van der Waals surface area contributed by atoms with Crippen LogP contribution in [0.15, 0.2) is 0 Å². The third-order valence-corrected chi connectivity index (χ3v) is 4.22. The Kier molecular flexibility index (Phi) is 4.59. The molecule has 1 aliphatic rings. The molecule has 1 aromatic carbocycles. The van der Waals surface area contributed by atoms with E-state index in [1.54, 1.807) is 0 Å². The van der Waals surface area contributed by atoms with Crippen LogP contribution in [0.1, 0.15) is 67.9 Å². The van der Waals surface area contributed by atoms with Gasteiger partial charge in [0.25, 0.3) is 0 Å². The van der Waals surface area contributed by atoms with Gasteiger partial charge in [-0.2, -0.15) is 0 Å². The number of benzene rings is 1. The average molecular weight is 278 g/mol. The number of hydrogen-bond acceptors (Lipinski definition) is 3. The van der Waals surface area contributed by atoms with Gasteiger partial charge >= 0.3 is 0 Å². The normalized spacial score (nSPS) is 21.4. The van der Waals surface area contributed by atoms with E-state index in [1.807, 2.05) is 20.8 Å². The van der Waals surface area contributed by atoms with Crippen LogP contribution in [0.4, 0.5) is 0 Å². The van der Waals surface area contributed by atoms with Crippen molar-refractivity contribution in [2.24, 2.45) is 0 Å². The molecule has 1 aliphatic heterocycles. The standard InChI is InChI=1S/C17H26O3/c1-6-8-13-15-12(5)16(18)10(3)11(4)17(15)20-14(19-13)9-7-2/h13-14,18H,6-9H2,1-5H3/t13-,14+/m1/s1. The van der Waals surface area contributed by atoms with Crippen molar-refractivity contribution in [3.05, 3.63) is 22.3 Å². The maximum atomic E-state index is 10.3. The number of phenols is 1. The van der Waals surface area contributed by atoms with Gasteiger partial charge in [0.2, 0.25) is 6.29 Å². The predicted octanol–water partition coefficient (Wildman–Crippen LogP) is 4.69. The highest BCUT2D eigenvalue weighted by Gasteiger charge is 2.32. The lowest BCUT2D eigenvalue weighted by Crippen LogP contribution is -2.30. The van der Waals surface area contributed by atoms with Crippen molar-refractivity contribution in [1.29, 1.82) is 0 Å². The van der Waals surface area contributed by atoms with E-state index >= 15 is 0 Å². The lowest BCUT2D eigenvalue weighted by atomic mass is 9.91. The van der Waals surface area contributed by atoms with E-state index in [0.29, 0.717) is 5.75 Å². The predicted molar refractivity (Wildman–Crippen MR) is 80.4 cm³/mol. The first-order valence-electron chi connectivity index (χ1n) is 7.65. The lowest BCUT2D eigenvalue weighted by molar-refractivity contribution is -0.146. The fraction of sp³-hybridized carbons (Fsp3) is 0.647. The first-order valence-corrected chi connectivity index (χ1v) is 7.65. The van der Waals surface area contributed by atoms with Crippen LogP contribution in [0.2, 0.25) is 0 Å². The van der Waals surface area contributed by atoms with Gasteiger partial charge in [-0.25, -0.2) is 0 Å². The molecule has 20 heavy (non-hydrogen) atoms. The van der Waals surface area contributed by atoms with Crippen molar-refractivity contribution in [2.75, 3.05) is 0 Å². The Labute approximate surface area is 121 Å². The van der Waals surface area contributed by atoms with Gasteiger partial charge in [-0.05, 0) is 38.3 Å². The quantitative estimate of drug-likeness (QED) is 0.868. The van der Waals surface area contributed by atoms with Crippen LogP contribution in [0.25, 0.3) is 0 Å². The molecule has 0 radical (unpaired) electrons. The summed E-state index contributed by atoms with van der Waals surface area (Å²) in [4.78, 5) is 0. The van der Waals surface area contributed by atoms with Crippen LogP contribution in [0, 0.1) is 20.8 Å². The molecule has 0 aromatic heterocycles. The van der Waals surface area contributed by atoms with Crippen molar-refractivity contribution in [2.45, 2.75) is 72.7 Å². The van der Waals surface area contributed by atoms with Gasteiger partial charge in [-0.15, -0.1) is 0 Å². The number of aromatic hydroxyl groups is 1. The van der Waals surface area contributed by atoms with Crippen LogP contribution in [-0.4, -0.2) is 11.4 Å². The maximum absolute atomic E-state index is 10.3. The second-order valence-electron chi connectivity index (χ2n) is 5.72. The fourth-order valence-electron chi connectivity index (χ4n) is 2.92. The molecule has 1 N–H and O–H groups in total. The second kappa shape index (κ2) is 6.04. The van der Waals surface area contributed by atoms with Gasteiger partial charge < -0.3 is 14.6 Å². The Morgan fingerprint density at radius 3 is 2.20 bits per heavy atom. The van der Waals surface area contributed by atoms with E-state index in [0.717, 1.165) is 53.7 Å². The Bertz CT molecular complexity index is 494. The van der Waals surface area contributed by atoms with Crippen molar-refractivity contribution in [3.63, 3.8) is 0 Å². The van der Waals surface area contributed by atoms with Gasteiger partial charge in [0.15, 0.2) is 0 Å². The largest absolute Gasteiger partial charge is 0.507 e. The van der Waals surface area contributed by atoms with Crippen molar-refractivity contribution in [3.8, 4) is 11.5 Å². The molecule has 2 atom stereocenters. The first kappa shape index (κ1) is 15.2. The lowest BCUT2D eigenvalue weighted by Gasteiger charge is -2.35. The van der Waals surface area contributed by atoms with Gasteiger partial charge in [0, 0.05) is 17.5 Å². The zero-order chi connectivity index (χ0) is 14.9. The van der Waals surface area contributed by atoms with Gasteiger partial charge in [0.05, 0.1) is 6.10 Å². The van der Waals surface area contributed by atoms with E-state index in [-0.39, 0.29) is 12.4 Å². The summed E-state index contributed by atoms with van der Waals surface area (Å²) in [7, 11) is 0. The summed E-state index contributed by atoms with van der Waals surface area (Å²) in [6, 6.07) is 0. The van der Waals surface area contributed by atoms with Crippen molar-refractivity contribution in [1.82, 2.24) is 0 Å². The summed E-state index contributed by atoms with van der Waals surface area (Å²) in [6.07, 6.45) is 3.82. The Balaban J connectivity index is 2.53. The topological polar surface area (TPSA) is 38.7 Å². The average Bonchev–Trinajstić information content (AvgIpc) is 2.43. The fourth-order valence-corrected chi connectivity index (χ4v) is 2.92. The molecule has 2 rings (SSSR count). The highest BCUT2D eigenvalue weighted by molar-refractivity contribution is 5.58. The van der Waals surface area contributed by atoms with E-state index in [1.165, 1.54) is 0 Å². The van der Waals surface area contributed by atoms with E-state index in [2.05, 4.69) is 13.8 Å². The summed E-state index contributed by atoms with van der Waals surface area (Å²) in [5.41, 5.74) is 3.89. The van der Waals surface area contributed by atoms with E-state index in [4.69, 9.17) is 9.47 Å². The van der Waals surface area contributed by atoms with Gasteiger partial charge in [-0.3, -0.25) is 0 Å². The second-order valence-corrected chi connectivity index (χ2v) is 5.72. The summed E-state index contributed by atoms with van der Waals surface area (Å²) < 4.78 is 12.2. The molecule has 0 aliphatic carbocycles. The van der Waals surface area contributed by atoms with Crippen LogP contribution in [0.5, 0.6) is 11.5 Å². The Hall–Kier alpha value is -1.22. The van der Waals surface area contributed by atoms with Crippen LogP contribution in [0.3, 0.4) is 0 Å². The van der Waals surface area contributed by atoms with E-state index in [9.17, 15) is 5.11 Å². The van der Waals surface area contributed by atoms with Crippen LogP contribution >= 0.6 is 0 Å². The number of hydrogen-bond donors (Lipinski definition) is 1. The third kappa shape index (κ3) is 2.51. The highest BCUT2D eigenvalue weighted by atomic mass is 16.7. The van der Waals surface area contributed by atoms with Gasteiger partial charge in [0.1, 0.15) is 11.5 Å². The molecule has 0 bridgehead atoms. The maximum Gasteiger partial charge on any atom is 0.200 e. The van der Waals surface area contributed by atoms with Crippen molar-refractivity contribution >= 4 is 0 Å². The molecule has 1 heterocycles. The summed E-state index contributed by atoms with van der Waals surface area (Å²) in [5, 5.41) is 10.3. The Morgan fingerprint density at radius 1 is 0.950 bits per heavy atom. The number of ether oxygens (including phenoxy) is 2. The molecule has 0 spiro atoms. The molecule has 0 fully saturated rings. The molecule has 0 amide bonds. The van der Waals surface area contributed by atoms with Crippen LogP contribution in [-0.2, 0) is 4.74 Å². The molecular weight excluding hydrogens is 252 g/mol. The minimum Gasteiger partial charge on any atom is -0.507 e. The minimum atomic E-state index is -0.161. The molecule has 1 aromatic rings. The number of phenolic OH excluding ortho intramolecular Hbond substituents is 1. The molecule has 0 unspecified atom stereocenters. The number of rotatable bonds is 4. The molecule has 112 valence electrons. The highest BCUT2D eigenvalue weighted by Crippen LogP contribution is 2.46. The smallest absolute Gasteiger partial charge is 0.200 e. The number of fused-ring (bicyclic) bond motifs is 1. The summed E-state index contributed by atoms with van der Waals surface area (Å²) >= 11 is 0. The molecule has 0 saturated heterocycles. The zero-order valence-corrected chi connectivity index (χ0v) is 13.2. The minimum absolute atomic E-state index is 0.0329. The first-order chi connectivity index (χ1) is 9.51. The molecular formula is C17H26O3. The Morgan fingerprint density at radius 2 is 1.60 bits per heavy atom. The van der Waals surface area contributed by atoms with Crippen molar-refractivity contribution < 1.29 is 14.6 Å². The SMILES string of the molecule is CCC[C@@H]1Oc2c(C)c(C)c(O)c(C)c2[C@@H](CCC)O1. The molecule has 3 nitrogen and oxygen atoms in total. The summed E-state index contributed by atoms with van der Waals surface area (Å²) in [5.74, 6) is 1.31. The van der Waals surface area contributed by atoms with Crippen LogP contribution < -0.4 is 4.74 Å². The monoisotopic (exact) mass is 278 g/mol. The van der Waals surface area contributed by atoms with E-state index < -0.39 is 0 Å². The zero-order valence-electron chi connectivity index (χ0n) is 13.2. The summed E-state index contributed by atoms with van der Waals surface area (Å²) in [6.45, 7) is 10.2.